The van der Waals surface area contributed by atoms with Gasteiger partial charge in [-0.25, -0.2) is 0 Å². The molecule has 1 rings (SSSR count). The van der Waals surface area contributed by atoms with E-state index >= 15 is 0 Å². The van der Waals surface area contributed by atoms with Gasteiger partial charge in [0.1, 0.15) is 0 Å². The Morgan fingerprint density at radius 2 is 1.93 bits per heavy atom. The summed E-state index contributed by atoms with van der Waals surface area (Å²) in [7, 11) is -1.03. The molecule has 0 aliphatic carbocycles. The summed E-state index contributed by atoms with van der Waals surface area (Å²) in [5.74, 6) is 1.28. The number of benzene rings is 1. The second-order valence-corrected chi connectivity index (χ2v) is 11.4. The molecule has 15 heavy (non-hydrogen) atoms. The van der Waals surface area contributed by atoms with E-state index in [1.807, 2.05) is 0 Å². The molecule has 0 aromatic heterocycles. The Bertz CT molecular complexity index is 315. The van der Waals surface area contributed by atoms with Crippen LogP contribution in [0.2, 0.25) is 25.7 Å². The zero-order chi connectivity index (χ0) is 11.5. The van der Waals surface area contributed by atoms with Crippen molar-refractivity contribution in [2.45, 2.75) is 38.5 Å². The van der Waals surface area contributed by atoms with E-state index in [4.69, 9.17) is 11.6 Å². The van der Waals surface area contributed by atoms with Crippen LogP contribution in [0, 0.1) is 6.92 Å². The van der Waals surface area contributed by atoms with Crippen LogP contribution >= 0.6 is 11.6 Å². The molecular weight excluding hydrogens is 220 g/mol. The monoisotopic (exact) mass is 240 g/mol. The summed E-state index contributed by atoms with van der Waals surface area (Å²) in [5, 5.41) is 0. The van der Waals surface area contributed by atoms with E-state index in [0.717, 1.165) is 5.88 Å². The second-order valence-electron chi connectivity index (χ2n) is 5.53. The van der Waals surface area contributed by atoms with Gasteiger partial charge in [-0.3, -0.25) is 0 Å². The van der Waals surface area contributed by atoms with Crippen molar-refractivity contribution in [3.63, 3.8) is 0 Å². The second kappa shape index (κ2) is 5.18. The zero-order valence-corrected chi connectivity index (χ0v) is 11.9. The van der Waals surface area contributed by atoms with E-state index in [2.05, 4.69) is 50.8 Å². The molecule has 0 saturated carbocycles. The van der Waals surface area contributed by atoms with Gasteiger partial charge in [-0.15, -0.1) is 11.6 Å². The third-order valence-corrected chi connectivity index (χ3v) is 4.65. The van der Waals surface area contributed by atoms with Gasteiger partial charge in [-0.2, -0.15) is 0 Å². The first-order valence-corrected chi connectivity index (χ1v) is 9.79. The summed E-state index contributed by atoms with van der Waals surface area (Å²) in [6.45, 7) is 9.36. The molecule has 0 saturated heterocycles. The first kappa shape index (κ1) is 12.8. The van der Waals surface area contributed by atoms with Gasteiger partial charge in [-0.1, -0.05) is 49.5 Å². The molecule has 0 N–H and O–H groups in total. The normalized spacial score (nSPS) is 13.9. The van der Waals surface area contributed by atoms with Crippen LogP contribution in [0.5, 0.6) is 0 Å². The van der Waals surface area contributed by atoms with Crippen LogP contribution < -0.4 is 0 Å². The summed E-state index contributed by atoms with van der Waals surface area (Å²) in [5.41, 5.74) is 2.74. The first-order valence-electron chi connectivity index (χ1n) is 5.55. The number of hydrogen-bond donors (Lipinski definition) is 0. The number of rotatable bonds is 4. The first-order chi connectivity index (χ1) is 6.92. The average Bonchev–Trinajstić information content (AvgIpc) is 2.13. The Labute approximate surface area is 99.7 Å². The fourth-order valence-corrected chi connectivity index (χ4v) is 4.25. The van der Waals surface area contributed by atoms with Gasteiger partial charge >= 0.3 is 0 Å². The molecule has 0 spiro atoms. The molecule has 0 aliphatic heterocycles. The molecule has 0 heterocycles. The molecule has 0 aliphatic rings. The number of alkyl halides is 1. The van der Waals surface area contributed by atoms with E-state index in [0.29, 0.717) is 5.92 Å². The lowest BCUT2D eigenvalue weighted by atomic mass is 10.0. The van der Waals surface area contributed by atoms with E-state index in [1.165, 1.54) is 17.2 Å². The minimum Gasteiger partial charge on any atom is -0.126 e. The zero-order valence-electron chi connectivity index (χ0n) is 10.2. The average molecular weight is 241 g/mol. The summed E-state index contributed by atoms with van der Waals surface area (Å²) >= 11 is 6.08. The maximum atomic E-state index is 6.08. The summed E-state index contributed by atoms with van der Waals surface area (Å²) in [6, 6.07) is 10.0. The van der Waals surface area contributed by atoms with E-state index in [9.17, 15) is 0 Å². The molecule has 0 fully saturated rings. The van der Waals surface area contributed by atoms with E-state index in [-0.39, 0.29) is 0 Å². The highest BCUT2D eigenvalue weighted by atomic mass is 35.5. The fourth-order valence-electron chi connectivity index (χ4n) is 1.92. The van der Waals surface area contributed by atoms with Crippen LogP contribution in [0.3, 0.4) is 0 Å². The van der Waals surface area contributed by atoms with Crippen LogP contribution in [0.1, 0.15) is 17.0 Å². The van der Waals surface area contributed by atoms with Gasteiger partial charge < -0.3 is 0 Å². The molecule has 0 bridgehead atoms. The van der Waals surface area contributed by atoms with E-state index < -0.39 is 8.07 Å². The number of hydrogen-bond acceptors (Lipinski definition) is 0. The van der Waals surface area contributed by atoms with Crippen molar-refractivity contribution in [1.82, 2.24) is 0 Å². The summed E-state index contributed by atoms with van der Waals surface area (Å²) < 4.78 is 0. The third-order valence-electron chi connectivity index (χ3n) is 2.56. The van der Waals surface area contributed by atoms with Crippen molar-refractivity contribution in [1.29, 1.82) is 0 Å². The molecule has 1 unspecified atom stereocenters. The standard InChI is InChI=1S/C13H21ClSi/c1-11-6-5-7-12(8-11)13(9-14)10-15(2,3)4/h5-8,13H,9-10H2,1-4H3. The highest BCUT2D eigenvalue weighted by Crippen LogP contribution is 2.28. The number of aryl methyl sites for hydroxylation is 1. The van der Waals surface area contributed by atoms with Crippen LogP contribution in [0.25, 0.3) is 0 Å². The van der Waals surface area contributed by atoms with Gasteiger partial charge in [0.25, 0.3) is 0 Å². The molecule has 2 heteroatoms. The molecule has 1 aromatic rings. The largest absolute Gasteiger partial charge is 0.126 e. The maximum Gasteiger partial charge on any atom is 0.0449 e. The lowest BCUT2D eigenvalue weighted by molar-refractivity contribution is 0.852. The van der Waals surface area contributed by atoms with Gasteiger partial charge in [0.15, 0.2) is 0 Å². The molecule has 0 nitrogen and oxygen atoms in total. The quantitative estimate of drug-likeness (QED) is 0.531. The van der Waals surface area contributed by atoms with Crippen molar-refractivity contribution < 1.29 is 0 Å². The van der Waals surface area contributed by atoms with Crippen molar-refractivity contribution >= 4 is 19.7 Å². The maximum absolute atomic E-state index is 6.08. The van der Waals surface area contributed by atoms with Gasteiger partial charge in [-0.05, 0) is 24.4 Å². The molecule has 84 valence electrons. The van der Waals surface area contributed by atoms with Crippen LogP contribution in [0.15, 0.2) is 24.3 Å². The molecule has 0 amide bonds. The lowest BCUT2D eigenvalue weighted by Crippen LogP contribution is -2.23. The van der Waals surface area contributed by atoms with Crippen LogP contribution in [0.4, 0.5) is 0 Å². The van der Waals surface area contributed by atoms with Gasteiger partial charge in [0.2, 0.25) is 0 Å². The predicted octanol–water partition coefficient (Wildman–Crippen LogP) is 4.66. The Hall–Kier alpha value is -0.273. The highest BCUT2D eigenvalue weighted by Gasteiger charge is 2.21. The SMILES string of the molecule is Cc1cccc(C(CCl)C[Si](C)(C)C)c1. The minimum absolute atomic E-state index is 0.540. The topological polar surface area (TPSA) is 0 Å². The highest BCUT2D eigenvalue weighted by molar-refractivity contribution is 6.76. The van der Waals surface area contributed by atoms with Crippen molar-refractivity contribution in [2.24, 2.45) is 0 Å². The Morgan fingerprint density at radius 1 is 1.27 bits per heavy atom. The molecular formula is C13H21ClSi. The molecule has 1 atom stereocenters. The summed E-state index contributed by atoms with van der Waals surface area (Å²) in [4.78, 5) is 0. The Morgan fingerprint density at radius 3 is 2.40 bits per heavy atom. The fraction of sp³-hybridized carbons (Fsp3) is 0.538. The third kappa shape index (κ3) is 4.39. The molecule has 1 aromatic carbocycles. The lowest BCUT2D eigenvalue weighted by Gasteiger charge is -2.23. The van der Waals surface area contributed by atoms with E-state index in [1.54, 1.807) is 0 Å². The Balaban J connectivity index is 2.83. The van der Waals surface area contributed by atoms with Gasteiger partial charge in [0, 0.05) is 14.0 Å². The van der Waals surface area contributed by atoms with Crippen molar-refractivity contribution in [2.75, 3.05) is 5.88 Å². The minimum atomic E-state index is -1.03. The van der Waals surface area contributed by atoms with Gasteiger partial charge in [0.05, 0.1) is 0 Å². The smallest absolute Gasteiger partial charge is 0.0449 e. The molecule has 0 radical (unpaired) electrons. The van der Waals surface area contributed by atoms with Crippen molar-refractivity contribution in [3.05, 3.63) is 35.4 Å². The Kier molecular flexibility index (Phi) is 4.41. The summed E-state index contributed by atoms with van der Waals surface area (Å²) in [6.07, 6.45) is 0. The van der Waals surface area contributed by atoms with Crippen LogP contribution in [-0.4, -0.2) is 14.0 Å². The van der Waals surface area contributed by atoms with Crippen molar-refractivity contribution in [3.8, 4) is 0 Å². The predicted molar refractivity (Wildman–Crippen MR) is 72.8 cm³/mol. The van der Waals surface area contributed by atoms with Crippen LogP contribution in [-0.2, 0) is 0 Å². The number of halogens is 1.